The third-order valence-electron chi connectivity index (χ3n) is 2.77. The molecule has 0 aliphatic rings. The summed E-state index contributed by atoms with van der Waals surface area (Å²) in [6.45, 7) is 0. The highest BCUT2D eigenvalue weighted by Gasteiger charge is 2.09. The topological polar surface area (TPSA) is 56.7 Å². The van der Waals surface area contributed by atoms with Gasteiger partial charge in [0.15, 0.2) is 0 Å². The van der Waals surface area contributed by atoms with E-state index in [1.807, 2.05) is 41.1 Å². The van der Waals surface area contributed by atoms with Crippen LogP contribution in [-0.4, -0.2) is 14.8 Å². The summed E-state index contributed by atoms with van der Waals surface area (Å²) in [5, 5.41) is 4.34. The van der Waals surface area contributed by atoms with Crippen LogP contribution in [0.1, 0.15) is 0 Å². The Bertz CT molecular complexity index is 658. The highest BCUT2D eigenvalue weighted by molar-refractivity contribution is 5.73. The zero-order valence-electron chi connectivity index (χ0n) is 9.69. The van der Waals surface area contributed by atoms with Gasteiger partial charge in [-0.25, -0.2) is 4.68 Å². The van der Waals surface area contributed by atoms with Gasteiger partial charge in [0, 0.05) is 23.6 Å². The fourth-order valence-electron chi connectivity index (χ4n) is 1.90. The summed E-state index contributed by atoms with van der Waals surface area (Å²) in [6, 6.07) is 13.7. The van der Waals surface area contributed by atoms with Crippen molar-refractivity contribution in [2.24, 2.45) is 0 Å². The van der Waals surface area contributed by atoms with Crippen LogP contribution in [0.2, 0.25) is 0 Å². The van der Waals surface area contributed by atoms with Gasteiger partial charge < -0.3 is 5.73 Å². The van der Waals surface area contributed by atoms with Gasteiger partial charge in [-0.05, 0) is 24.3 Å². The lowest BCUT2D eigenvalue weighted by Crippen LogP contribution is -2.00. The Labute approximate surface area is 105 Å². The molecule has 0 unspecified atom stereocenters. The third-order valence-corrected chi connectivity index (χ3v) is 2.77. The van der Waals surface area contributed by atoms with E-state index in [1.54, 1.807) is 24.7 Å². The number of nitrogen functional groups attached to an aromatic ring is 1. The molecule has 0 fully saturated rings. The molecule has 0 aliphatic heterocycles. The number of hydrogen-bond donors (Lipinski definition) is 1. The molecule has 4 nitrogen and oxygen atoms in total. The predicted molar refractivity (Wildman–Crippen MR) is 71.2 cm³/mol. The monoisotopic (exact) mass is 236 g/mol. The molecule has 18 heavy (non-hydrogen) atoms. The maximum atomic E-state index is 5.98. The number of anilines is 1. The van der Waals surface area contributed by atoms with Crippen molar-refractivity contribution in [3.63, 3.8) is 0 Å². The number of nitrogens with zero attached hydrogens (tertiary/aromatic N) is 3. The number of aromatic nitrogens is 3. The molecule has 2 heterocycles. The van der Waals surface area contributed by atoms with Gasteiger partial charge >= 0.3 is 0 Å². The number of nitrogens with two attached hydrogens (primary N) is 1. The van der Waals surface area contributed by atoms with Crippen LogP contribution in [0.5, 0.6) is 0 Å². The van der Waals surface area contributed by atoms with Gasteiger partial charge in [-0.2, -0.15) is 5.10 Å². The second kappa shape index (κ2) is 4.33. The molecule has 88 valence electrons. The lowest BCUT2D eigenvalue weighted by Gasteiger charge is -2.08. The van der Waals surface area contributed by atoms with E-state index in [0.29, 0.717) is 5.69 Å². The Morgan fingerprint density at radius 1 is 0.944 bits per heavy atom. The number of hydrogen-bond acceptors (Lipinski definition) is 3. The number of benzene rings is 1. The Hall–Kier alpha value is -2.62. The van der Waals surface area contributed by atoms with Crippen molar-refractivity contribution < 1.29 is 0 Å². The standard InChI is InChI=1S/C14H12N4/c15-13-6-8-16-10-12(13)14-7-9-17-18(14)11-4-2-1-3-5-11/h1-10H,(H2,15,16). The first-order valence-corrected chi connectivity index (χ1v) is 5.65. The maximum absolute atomic E-state index is 5.98. The summed E-state index contributed by atoms with van der Waals surface area (Å²) in [6.07, 6.45) is 5.20. The fourth-order valence-corrected chi connectivity index (χ4v) is 1.90. The molecule has 4 heteroatoms. The van der Waals surface area contributed by atoms with Gasteiger partial charge in [0.25, 0.3) is 0 Å². The van der Waals surface area contributed by atoms with E-state index in [4.69, 9.17) is 5.73 Å². The van der Waals surface area contributed by atoms with E-state index < -0.39 is 0 Å². The highest BCUT2D eigenvalue weighted by Crippen LogP contribution is 2.26. The van der Waals surface area contributed by atoms with Crippen molar-refractivity contribution in [3.05, 3.63) is 61.1 Å². The largest absolute Gasteiger partial charge is 0.398 e. The second-order valence-corrected chi connectivity index (χ2v) is 3.93. The molecule has 2 N–H and O–H groups in total. The molecule has 0 atom stereocenters. The molecule has 3 aromatic rings. The highest BCUT2D eigenvalue weighted by atomic mass is 15.3. The minimum absolute atomic E-state index is 0.697. The summed E-state index contributed by atoms with van der Waals surface area (Å²) in [5.74, 6) is 0. The van der Waals surface area contributed by atoms with Gasteiger partial charge in [0.2, 0.25) is 0 Å². The van der Waals surface area contributed by atoms with E-state index in [2.05, 4.69) is 10.1 Å². The number of pyridine rings is 1. The van der Waals surface area contributed by atoms with Crippen LogP contribution >= 0.6 is 0 Å². The van der Waals surface area contributed by atoms with Crippen LogP contribution in [0, 0.1) is 0 Å². The average molecular weight is 236 g/mol. The molecule has 1 aromatic carbocycles. The number of para-hydroxylation sites is 1. The predicted octanol–water partition coefficient (Wildman–Crippen LogP) is 2.52. The normalized spacial score (nSPS) is 10.4. The van der Waals surface area contributed by atoms with E-state index in [0.717, 1.165) is 16.9 Å². The summed E-state index contributed by atoms with van der Waals surface area (Å²) in [5.41, 5.74) is 9.50. The smallest absolute Gasteiger partial charge is 0.0777 e. The molecular weight excluding hydrogens is 224 g/mol. The quantitative estimate of drug-likeness (QED) is 0.743. The van der Waals surface area contributed by atoms with E-state index in [1.165, 1.54) is 0 Å². The van der Waals surface area contributed by atoms with E-state index in [-0.39, 0.29) is 0 Å². The lowest BCUT2D eigenvalue weighted by molar-refractivity contribution is 0.887. The summed E-state index contributed by atoms with van der Waals surface area (Å²) in [7, 11) is 0. The first kappa shape index (κ1) is 10.5. The molecule has 3 rings (SSSR count). The minimum atomic E-state index is 0.697. The van der Waals surface area contributed by atoms with Gasteiger partial charge in [-0.3, -0.25) is 4.98 Å². The second-order valence-electron chi connectivity index (χ2n) is 3.93. The van der Waals surface area contributed by atoms with Crippen molar-refractivity contribution in [2.75, 3.05) is 5.73 Å². The fraction of sp³-hybridized carbons (Fsp3) is 0. The van der Waals surface area contributed by atoms with Crippen molar-refractivity contribution in [1.29, 1.82) is 0 Å². The SMILES string of the molecule is Nc1ccncc1-c1ccnn1-c1ccccc1. The van der Waals surface area contributed by atoms with E-state index >= 15 is 0 Å². The average Bonchev–Trinajstić information content (AvgIpc) is 2.89. The van der Waals surface area contributed by atoms with Gasteiger partial charge in [0.05, 0.1) is 17.6 Å². The Kier molecular flexibility index (Phi) is 2.53. The van der Waals surface area contributed by atoms with E-state index in [9.17, 15) is 0 Å². The zero-order valence-corrected chi connectivity index (χ0v) is 9.69. The zero-order chi connectivity index (χ0) is 12.4. The summed E-state index contributed by atoms with van der Waals surface area (Å²) >= 11 is 0. The Balaban J connectivity index is 2.16. The molecule has 0 saturated carbocycles. The Morgan fingerprint density at radius 3 is 2.56 bits per heavy atom. The first-order valence-electron chi connectivity index (χ1n) is 5.65. The maximum Gasteiger partial charge on any atom is 0.0777 e. The molecule has 0 spiro atoms. The molecule has 0 aliphatic carbocycles. The number of rotatable bonds is 2. The van der Waals surface area contributed by atoms with Crippen LogP contribution in [0.3, 0.4) is 0 Å². The van der Waals surface area contributed by atoms with Crippen LogP contribution < -0.4 is 5.73 Å². The van der Waals surface area contributed by atoms with Gasteiger partial charge in [-0.1, -0.05) is 18.2 Å². The molecular formula is C14H12N4. The third kappa shape index (κ3) is 1.73. The molecule has 0 radical (unpaired) electrons. The van der Waals surface area contributed by atoms with Crippen molar-refractivity contribution in [1.82, 2.24) is 14.8 Å². The van der Waals surface area contributed by atoms with Gasteiger partial charge in [0.1, 0.15) is 0 Å². The minimum Gasteiger partial charge on any atom is -0.398 e. The van der Waals surface area contributed by atoms with Crippen molar-refractivity contribution >= 4 is 5.69 Å². The van der Waals surface area contributed by atoms with Gasteiger partial charge in [-0.15, -0.1) is 0 Å². The Morgan fingerprint density at radius 2 is 1.78 bits per heavy atom. The van der Waals surface area contributed by atoms with Crippen LogP contribution in [0.15, 0.2) is 61.1 Å². The molecule has 0 amide bonds. The first-order chi connectivity index (χ1) is 8.86. The van der Waals surface area contributed by atoms with Crippen molar-refractivity contribution in [3.8, 4) is 16.9 Å². The summed E-state index contributed by atoms with van der Waals surface area (Å²) < 4.78 is 1.85. The lowest BCUT2D eigenvalue weighted by atomic mass is 10.1. The summed E-state index contributed by atoms with van der Waals surface area (Å²) in [4.78, 5) is 4.12. The van der Waals surface area contributed by atoms with Crippen LogP contribution in [0.25, 0.3) is 16.9 Å². The molecule has 0 bridgehead atoms. The molecule has 2 aromatic heterocycles. The molecule has 0 saturated heterocycles. The van der Waals surface area contributed by atoms with Crippen LogP contribution in [0.4, 0.5) is 5.69 Å². The van der Waals surface area contributed by atoms with Crippen LogP contribution in [-0.2, 0) is 0 Å². The van der Waals surface area contributed by atoms with Crippen molar-refractivity contribution in [2.45, 2.75) is 0 Å².